The Morgan fingerprint density at radius 1 is 0.969 bits per heavy atom. The first-order valence-electron chi connectivity index (χ1n) is 10.7. The fourth-order valence-electron chi connectivity index (χ4n) is 2.91. The molecular formula is C23H35N3O6. The molecule has 0 fully saturated rings. The van der Waals surface area contributed by atoms with Gasteiger partial charge in [-0.2, -0.15) is 0 Å². The Hall–Kier alpha value is -3.10. The maximum atomic E-state index is 13.0. The van der Waals surface area contributed by atoms with Crippen LogP contribution < -0.4 is 16.0 Å². The number of unbranched alkanes of at least 4 members (excludes halogenated alkanes) is 1. The molecule has 1 rings (SSSR count). The molecule has 0 heterocycles. The summed E-state index contributed by atoms with van der Waals surface area (Å²) in [5.74, 6) is -1.22. The molecule has 3 amide bonds. The predicted octanol–water partition coefficient (Wildman–Crippen LogP) is 2.09. The van der Waals surface area contributed by atoms with Crippen LogP contribution >= 0.6 is 0 Å². The maximum Gasteiger partial charge on any atom is 0.408 e. The van der Waals surface area contributed by atoms with Gasteiger partial charge in [-0.1, -0.05) is 30.3 Å². The molecule has 0 aliphatic carbocycles. The summed E-state index contributed by atoms with van der Waals surface area (Å²) in [7, 11) is 1.25. The van der Waals surface area contributed by atoms with Gasteiger partial charge in [-0.05, 0) is 45.6 Å². The average molecular weight is 450 g/mol. The number of nitrogens with one attached hydrogen (secondary N) is 3. The minimum absolute atomic E-state index is 0.131. The molecule has 9 nitrogen and oxygen atoms in total. The molecule has 0 aliphatic heterocycles. The third kappa shape index (κ3) is 11.3. The van der Waals surface area contributed by atoms with E-state index in [0.29, 0.717) is 25.8 Å². The first-order chi connectivity index (χ1) is 15.0. The van der Waals surface area contributed by atoms with Crippen molar-refractivity contribution in [2.75, 3.05) is 13.7 Å². The van der Waals surface area contributed by atoms with Crippen LogP contribution in [0.4, 0.5) is 4.79 Å². The SMILES string of the molecule is COC(=O)[C@H](Cc1ccccc1)NC(=O)[C@H](CCCCNC(C)=O)NC(=O)OC(C)(C)C. The molecule has 0 unspecified atom stereocenters. The quantitative estimate of drug-likeness (QED) is 0.351. The lowest BCUT2D eigenvalue weighted by molar-refractivity contribution is -0.145. The highest BCUT2D eigenvalue weighted by Crippen LogP contribution is 2.10. The van der Waals surface area contributed by atoms with E-state index in [1.54, 1.807) is 20.8 Å². The number of carbonyl (C=O) groups excluding carboxylic acids is 4. The predicted molar refractivity (Wildman–Crippen MR) is 120 cm³/mol. The number of carbonyl (C=O) groups is 4. The molecule has 0 saturated carbocycles. The van der Waals surface area contributed by atoms with Crippen molar-refractivity contribution in [1.82, 2.24) is 16.0 Å². The molecule has 178 valence electrons. The third-order valence-corrected chi connectivity index (χ3v) is 4.39. The van der Waals surface area contributed by atoms with Gasteiger partial charge in [-0.3, -0.25) is 9.59 Å². The van der Waals surface area contributed by atoms with Crippen molar-refractivity contribution in [1.29, 1.82) is 0 Å². The van der Waals surface area contributed by atoms with Crippen LogP contribution in [0.15, 0.2) is 30.3 Å². The highest BCUT2D eigenvalue weighted by atomic mass is 16.6. The van der Waals surface area contributed by atoms with E-state index in [-0.39, 0.29) is 12.3 Å². The molecule has 3 N–H and O–H groups in total. The number of esters is 1. The van der Waals surface area contributed by atoms with Crippen molar-refractivity contribution in [3.05, 3.63) is 35.9 Å². The molecule has 0 saturated heterocycles. The van der Waals surface area contributed by atoms with E-state index in [4.69, 9.17) is 9.47 Å². The highest BCUT2D eigenvalue weighted by molar-refractivity contribution is 5.89. The Balaban J connectivity index is 2.85. The van der Waals surface area contributed by atoms with Crippen LogP contribution in [0.1, 0.15) is 52.5 Å². The fourth-order valence-corrected chi connectivity index (χ4v) is 2.91. The zero-order valence-corrected chi connectivity index (χ0v) is 19.5. The van der Waals surface area contributed by atoms with Gasteiger partial charge in [0.05, 0.1) is 7.11 Å². The van der Waals surface area contributed by atoms with E-state index in [1.807, 2.05) is 30.3 Å². The van der Waals surface area contributed by atoms with E-state index in [0.717, 1.165) is 5.56 Å². The molecule has 0 aliphatic rings. The average Bonchev–Trinajstić information content (AvgIpc) is 2.70. The molecule has 1 aromatic carbocycles. The van der Waals surface area contributed by atoms with Gasteiger partial charge in [0, 0.05) is 19.9 Å². The van der Waals surface area contributed by atoms with Crippen LogP contribution in [0.3, 0.4) is 0 Å². The molecule has 0 spiro atoms. The number of methoxy groups -OCH3 is 1. The van der Waals surface area contributed by atoms with E-state index in [9.17, 15) is 19.2 Å². The van der Waals surface area contributed by atoms with Crippen molar-refractivity contribution in [3.8, 4) is 0 Å². The van der Waals surface area contributed by atoms with Crippen molar-refractivity contribution in [2.45, 2.75) is 71.1 Å². The lowest BCUT2D eigenvalue weighted by Gasteiger charge is -2.25. The molecule has 32 heavy (non-hydrogen) atoms. The number of benzene rings is 1. The van der Waals surface area contributed by atoms with Gasteiger partial charge in [-0.25, -0.2) is 9.59 Å². The largest absolute Gasteiger partial charge is 0.467 e. The highest BCUT2D eigenvalue weighted by Gasteiger charge is 2.28. The number of amides is 3. The number of alkyl carbamates (subject to hydrolysis) is 1. The van der Waals surface area contributed by atoms with Crippen LogP contribution in [0.2, 0.25) is 0 Å². The fraction of sp³-hybridized carbons (Fsp3) is 0.565. The third-order valence-electron chi connectivity index (χ3n) is 4.39. The van der Waals surface area contributed by atoms with Crippen LogP contribution in [-0.4, -0.2) is 55.2 Å². The minimum atomic E-state index is -0.912. The molecule has 0 bridgehead atoms. The second-order valence-electron chi connectivity index (χ2n) is 8.45. The lowest BCUT2D eigenvalue weighted by atomic mass is 10.0. The van der Waals surface area contributed by atoms with Crippen LogP contribution in [0.25, 0.3) is 0 Å². The number of rotatable bonds is 11. The zero-order valence-electron chi connectivity index (χ0n) is 19.5. The van der Waals surface area contributed by atoms with Gasteiger partial charge in [0.15, 0.2) is 0 Å². The second-order valence-corrected chi connectivity index (χ2v) is 8.45. The topological polar surface area (TPSA) is 123 Å². The van der Waals surface area contributed by atoms with Gasteiger partial charge in [0.2, 0.25) is 11.8 Å². The maximum absolute atomic E-state index is 13.0. The van der Waals surface area contributed by atoms with E-state index < -0.39 is 35.7 Å². The van der Waals surface area contributed by atoms with Crippen molar-refractivity contribution < 1.29 is 28.7 Å². The molecular weight excluding hydrogens is 414 g/mol. The summed E-state index contributed by atoms with van der Waals surface area (Å²) in [6, 6.07) is 7.42. The summed E-state index contributed by atoms with van der Waals surface area (Å²) in [6.45, 7) is 7.07. The van der Waals surface area contributed by atoms with Gasteiger partial charge < -0.3 is 25.4 Å². The Morgan fingerprint density at radius 2 is 1.62 bits per heavy atom. The molecule has 0 radical (unpaired) electrons. The summed E-state index contributed by atoms with van der Waals surface area (Å²) < 4.78 is 10.1. The summed E-state index contributed by atoms with van der Waals surface area (Å²) in [6.07, 6.45) is 1.03. The van der Waals surface area contributed by atoms with Crippen LogP contribution in [0.5, 0.6) is 0 Å². The Bertz CT molecular complexity index is 761. The lowest BCUT2D eigenvalue weighted by Crippen LogP contribution is -2.53. The number of hydrogen-bond donors (Lipinski definition) is 3. The first-order valence-corrected chi connectivity index (χ1v) is 10.7. The zero-order chi connectivity index (χ0) is 24.1. The minimum Gasteiger partial charge on any atom is -0.467 e. The summed E-state index contributed by atoms with van der Waals surface area (Å²) >= 11 is 0. The molecule has 0 aromatic heterocycles. The van der Waals surface area contributed by atoms with Crippen LogP contribution in [0, 0.1) is 0 Å². The van der Waals surface area contributed by atoms with Crippen molar-refractivity contribution >= 4 is 23.9 Å². The van der Waals surface area contributed by atoms with Gasteiger partial charge in [0.25, 0.3) is 0 Å². The number of ether oxygens (including phenoxy) is 2. The summed E-state index contributed by atoms with van der Waals surface area (Å²) in [5.41, 5.74) is 0.133. The Labute approximate surface area is 189 Å². The van der Waals surface area contributed by atoms with E-state index >= 15 is 0 Å². The normalized spacial score (nSPS) is 12.8. The van der Waals surface area contributed by atoms with Crippen molar-refractivity contribution in [3.63, 3.8) is 0 Å². The molecule has 2 atom stereocenters. The molecule has 9 heteroatoms. The second kappa shape index (κ2) is 13.3. The smallest absolute Gasteiger partial charge is 0.408 e. The van der Waals surface area contributed by atoms with Gasteiger partial charge >= 0.3 is 12.1 Å². The monoisotopic (exact) mass is 449 g/mol. The number of hydrogen-bond acceptors (Lipinski definition) is 6. The first kappa shape index (κ1) is 26.9. The van der Waals surface area contributed by atoms with Gasteiger partial charge in [0.1, 0.15) is 17.7 Å². The van der Waals surface area contributed by atoms with Crippen LogP contribution in [-0.2, 0) is 30.3 Å². The van der Waals surface area contributed by atoms with E-state index in [1.165, 1.54) is 14.0 Å². The van der Waals surface area contributed by atoms with E-state index in [2.05, 4.69) is 16.0 Å². The Morgan fingerprint density at radius 3 is 2.19 bits per heavy atom. The standard InChI is InChI=1S/C23H35N3O6/c1-16(27)24-14-10-9-13-18(26-22(30)32-23(2,3)4)20(28)25-19(21(29)31-5)15-17-11-7-6-8-12-17/h6-8,11-12,18-19H,9-10,13-15H2,1-5H3,(H,24,27)(H,25,28)(H,26,30)/t18-,19-/m0/s1. The van der Waals surface area contributed by atoms with Crippen molar-refractivity contribution in [2.24, 2.45) is 0 Å². The molecule has 1 aromatic rings. The summed E-state index contributed by atoms with van der Waals surface area (Å²) in [5, 5.41) is 7.97. The Kier molecular flexibility index (Phi) is 11.2. The summed E-state index contributed by atoms with van der Waals surface area (Å²) in [4.78, 5) is 48.5. The van der Waals surface area contributed by atoms with Gasteiger partial charge in [-0.15, -0.1) is 0 Å².